The van der Waals surface area contributed by atoms with Gasteiger partial charge in [-0.15, -0.1) is 0 Å². The minimum Gasteiger partial charge on any atom is -0.339 e. The molecular weight excluding hydrogens is 310 g/mol. The summed E-state index contributed by atoms with van der Waals surface area (Å²) in [5, 5.41) is 8.23. The number of nitrogens with zero attached hydrogens (tertiary/aromatic N) is 5. The Bertz CT molecular complexity index is 823. The minimum atomic E-state index is -0.209. The summed E-state index contributed by atoms with van der Waals surface area (Å²) in [6, 6.07) is 2.68. The molecule has 1 atom stereocenters. The highest BCUT2D eigenvalue weighted by Crippen LogP contribution is 2.40. The van der Waals surface area contributed by atoms with Gasteiger partial charge in [-0.05, 0) is 38.7 Å². The summed E-state index contributed by atoms with van der Waals surface area (Å²) in [4.78, 5) is 30.7. The Labute approximate surface area is 138 Å². The highest BCUT2D eigenvalue weighted by molar-refractivity contribution is 5.92. The first kappa shape index (κ1) is 15.0. The first-order valence-electron chi connectivity index (χ1n) is 8.40. The van der Waals surface area contributed by atoms with Gasteiger partial charge in [0.25, 0.3) is 11.5 Å². The van der Waals surface area contributed by atoms with E-state index in [1.165, 1.54) is 16.8 Å². The second-order valence-corrected chi connectivity index (χ2v) is 6.29. The van der Waals surface area contributed by atoms with Crippen LogP contribution in [0.5, 0.6) is 0 Å². The minimum absolute atomic E-state index is 0.183. The maximum atomic E-state index is 12.8. The van der Waals surface area contributed by atoms with Gasteiger partial charge in [0.1, 0.15) is 5.69 Å². The zero-order valence-electron chi connectivity index (χ0n) is 13.5. The summed E-state index contributed by atoms with van der Waals surface area (Å²) in [5.74, 6) is 1.46. The maximum absolute atomic E-state index is 12.8. The van der Waals surface area contributed by atoms with Crippen LogP contribution in [0.4, 0.5) is 0 Å². The number of rotatable bonds is 4. The number of carbonyl (C=O) groups is 1. The fourth-order valence-corrected chi connectivity index (χ4v) is 3.09. The van der Waals surface area contributed by atoms with Gasteiger partial charge in [-0.25, -0.2) is 4.68 Å². The van der Waals surface area contributed by atoms with Crippen LogP contribution in [0, 0.1) is 0 Å². The highest BCUT2D eigenvalue weighted by Gasteiger charge is 2.36. The molecule has 0 aromatic carbocycles. The van der Waals surface area contributed by atoms with Gasteiger partial charge >= 0.3 is 0 Å². The number of likely N-dealkylation sites (tertiary alicyclic amines) is 1. The molecule has 126 valence electrons. The smallest absolute Gasteiger partial charge is 0.274 e. The summed E-state index contributed by atoms with van der Waals surface area (Å²) in [5.41, 5.74) is 0.0635. The fourth-order valence-electron chi connectivity index (χ4n) is 3.09. The lowest BCUT2D eigenvalue weighted by atomic mass is 10.2. The van der Waals surface area contributed by atoms with E-state index in [0.29, 0.717) is 30.7 Å². The predicted octanol–water partition coefficient (Wildman–Crippen LogP) is 1.50. The van der Waals surface area contributed by atoms with Crippen LogP contribution in [0.2, 0.25) is 0 Å². The monoisotopic (exact) mass is 329 g/mol. The van der Waals surface area contributed by atoms with Gasteiger partial charge in [0.2, 0.25) is 5.89 Å². The molecule has 8 nitrogen and oxygen atoms in total. The standard InChI is InChI=1S/C16H19N5O3/c1-2-21-13(22)8-7-11(18-21)16(23)20-9-3-4-12(20)14-17-15(24-19-14)10-5-6-10/h7-8,10,12H,2-6,9H2,1H3. The molecule has 1 aliphatic heterocycles. The average Bonchev–Trinajstić information content (AvgIpc) is 3.13. The van der Waals surface area contributed by atoms with Crippen LogP contribution in [0.3, 0.4) is 0 Å². The molecule has 4 rings (SSSR count). The Morgan fingerprint density at radius 2 is 2.17 bits per heavy atom. The number of hydrogen-bond acceptors (Lipinski definition) is 6. The summed E-state index contributed by atoms with van der Waals surface area (Å²) in [6.45, 7) is 2.88. The van der Waals surface area contributed by atoms with Crippen molar-refractivity contribution in [3.63, 3.8) is 0 Å². The van der Waals surface area contributed by atoms with Crippen LogP contribution >= 0.6 is 0 Å². The Hall–Kier alpha value is -2.51. The van der Waals surface area contributed by atoms with Crippen molar-refractivity contribution in [2.24, 2.45) is 0 Å². The molecule has 2 fully saturated rings. The molecule has 1 unspecified atom stereocenters. The van der Waals surface area contributed by atoms with Crippen LogP contribution in [-0.2, 0) is 6.54 Å². The van der Waals surface area contributed by atoms with E-state index < -0.39 is 0 Å². The van der Waals surface area contributed by atoms with Crippen molar-refractivity contribution in [1.29, 1.82) is 0 Å². The molecular formula is C16H19N5O3. The van der Waals surface area contributed by atoms with Gasteiger partial charge in [-0.1, -0.05) is 5.16 Å². The summed E-state index contributed by atoms with van der Waals surface area (Å²) < 4.78 is 6.62. The van der Waals surface area contributed by atoms with E-state index in [4.69, 9.17) is 4.52 Å². The Balaban J connectivity index is 1.59. The fraction of sp³-hybridized carbons (Fsp3) is 0.562. The number of amides is 1. The molecule has 0 N–H and O–H groups in total. The molecule has 24 heavy (non-hydrogen) atoms. The Kier molecular flexibility index (Phi) is 3.66. The van der Waals surface area contributed by atoms with Crippen LogP contribution in [0.25, 0.3) is 0 Å². The molecule has 2 aliphatic rings. The molecule has 0 bridgehead atoms. The third-order valence-corrected chi connectivity index (χ3v) is 4.58. The van der Waals surface area contributed by atoms with Crippen LogP contribution in [-0.4, -0.2) is 37.3 Å². The summed E-state index contributed by atoms with van der Waals surface area (Å²) in [7, 11) is 0. The number of aromatic nitrogens is 4. The van der Waals surface area contributed by atoms with Crippen molar-refractivity contribution in [2.45, 2.75) is 51.1 Å². The summed E-state index contributed by atoms with van der Waals surface area (Å²) in [6.07, 6.45) is 3.88. The molecule has 1 saturated heterocycles. The zero-order chi connectivity index (χ0) is 16.7. The quantitative estimate of drug-likeness (QED) is 0.844. The number of hydrogen-bond donors (Lipinski definition) is 0. The van der Waals surface area contributed by atoms with Crippen LogP contribution in [0.15, 0.2) is 21.5 Å². The SMILES string of the molecule is CCn1nc(C(=O)N2CCCC2c2noc(C3CC3)n2)ccc1=O. The van der Waals surface area contributed by atoms with Gasteiger partial charge in [-0.3, -0.25) is 9.59 Å². The van der Waals surface area contributed by atoms with E-state index in [1.807, 2.05) is 6.92 Å². The molecule has 1 amide bonds. The molecule has 2 aromatic rings. The van der Waals surface area contributed by atoms with E-state index in [2.05, 4.69) is 15.2 Å². The van der Waals surface area contributed by atoms with Gasteiger partial charge in [0, 0.05) is 25.1 Å². The van der Waals surface area contributed by atoms with Crippen molar-refractivity contribution < 1.29 is 9.32 Å². The van der Waals surface area contributed by atoms with Gasteiger partial charge in [0.05, 0.1) is 6.04 Å². The van der Waals surface area contributed by atoms with Crippen molar-refractivity contribution in [1.82, 2.24) is 24.8 Å². The normalized spacial score (nSPS) is 20.5. The molecule has 8 heteroatoms. The molecule has 2 aromatic heterocycles. The first-order chi connectivity index (χ1) is 11.7. The Morgan fingerprint density at radius 1 is 1.33 bits per heavy atom. The second-order valence-electron chi connectivity index (χ2n) is 6.29. The number of carbonyl (C=O) groups excluding carboxylic acids is 1. The van der Waals surface area contributed by atoms with Crippen molar-refractivity contribution >= 4 is 5.91 Å². The van der Waals surface area contributed by atoms with Gasteiger partial charge in [-0.2, -0.15) is 10.1 Å². The van der Waals surface area contributed by atoms with Crippen LogP contribution in [0.1, 0.15) is 66.8 Å². The van der Waals surface area contributed by atoms with Gasteiger partial charge < -0.3 is 9.42 Å². The van der Waals surface area contributed by atoms with E-state index in [-0.39, 0.29) is 23.2 Å². The van der Waals surface area contributed by atoms with E-state index >= 15 is 0 Å². The maximum Gasteiger partial charge on any atom is 0.274 e. The second kappa shape index (κ2) is 5.85. The lowest BCUT2D eigenvalue weighted by molar-refractivity contribution is 0.0719. The highest BCUT2D eigenvalue weighted by atomic mass is 16.5. The van der Waals surface area contributed by atoms with E-state index in [9.17, 15) is 9.59 Å². The lowest BCUT2D eigenvalue weighted by Gasteiger charge is -2.21. The third-order valence-electron chi connectivity index (χ3n) is 4.58. The zero-order valence-corrected chi connectivity index (χ0v) is 13.5. The largest absolute Gasteiger partial charge is 0.339 e. The molecule has 1 saturated carbocycles. The van der Waals surface area contributed by atoms with Crippen LogP contribution < -0.4 is 5.56 Å². The molecule has 0 radical (unpaired) electrons. The Morgan fingerprint density at radius 3 is 2.92 bits per heavy atom. The predicted molar refractivity (Wildman–Crippen MR) is 83.5 cm³/mol. The van der Waals surface area contributed by atoms with Crippen molar-refractivity contribution in [3.05, 3.63) is 39.9 Å². The molecule has 0 spiro atoms. The lowest BCUT2D eigenvalue weighted by Crippen LogP contribution is -2.33. The van der Waals surface area contributed by atoms with Crippen molar-refractivity contribution in [3.8, 4) is 0 Å². The van der Waals surface area contributed by atoms with E-state index in [0.717, 1.165) is 25.7 Å². The third kappa shape index (κ3) is 2.61. The first-order valence-corrected chi connectivity index (χ1v) is 8.40. The number of aryl methyl sites for hydroxylation is 1. The van der Waals surface area contributed by atoms with Crippen molar-refractivity contribution in [2.75, 3.05) is 6.54 Å². The topological polar surface area (TPSA) is 94.1 Å². The average molecular weight is 329 g/mol. The molecule has 1 aliphatic carbocycles. The van der Waals surface area contributed by atoms with Gasteiger partial charge in [0.15, 0.2) is 5.82 Å². The molecule has 3 heterocycles. The van der Waals surface area contributed by atoms with E-state index in [1.54, 1.807) is 4.90 Å². The summed E-state index contributed by atoms with van der Waals surface area (Å²) >= 11 is 0.